The second kappa shape index (κ2) is 6.88. The van der Waals surface area contributed by atoms with Crippen molar-refractivity contribution in [3.05, 3.63) is 63.6 Å². The van der Waals surface area contributed by atoms with Crippen molar-refractivity contribution in [1.82, 2.24) is 0 Å². The summed E-state index contributed by atoms with van der Waals surface area (Å²) in [6.45, 7) is 0.168. The van der Waals surface area contributed by atoms with Crippen LogP contribution in [0, 0.1) is 0 Å². The highest BCUT2D eigenvalue weighted by Crippen LogP contribution is 2.29. The number of amides is 1. The van der Waals surface area contributed by atoms with Crippen LogP contribution in [0.25, 0.3) is 6.08 Å². The highest BCUT2D eigenvalue weighted by Gasteiger charge is 2.19. The van der Waals surface area contributed by atoms with E-state index in [-0.39, 0.29) is 12.5 Å². The Bertz CT molecular complexity index is 845. The number of carbonyl (C=O) groups is 2. The van der Waals surface area contributed by atoms with E-state index in [4.69, 9.17) is 9.47 Å². The van der Waals surface area contributed by atoms with E-state index in [0.717, 1.165) is 15.8 Å². The molecule has 0 saturated heterocycles. The van der Waals surface area contributed by atoms with Crippen molar-refractivity contribution in [2.75, 3.05) is 19.0 Å². The van der Waals surface area contributed by atoms with Gasteiger partial charge in [0.1, 0.15) is 12.4 Å². The van der Waals surface area contributed by atoms with Crippen LogP contribution in [-0.4, -0.2) is 25.6 Å². The molecule has 2 aromatic rings. The number of hydrogen-bond donors (Lipinski definition) is 1. The lowest BCUT2D eigenvalue weighted by atomic mass is 10.1. The number of benzene rings is 2. The molecule has 6 heteroatoms. The maximum atomic E-state index is 12.5. The molecule has 1 amide bonds. The van der Waals surface area contributed by atoms with E-state index < -0.39 is 5.97 Å². The van der Waals surface area contributed by atoms with Crippen molar-refractivity contribution in [2.45, 2.75) is 0 Å². The molecule has 0 unspecified atom stereocenters. The molecule has 1 N–H and O–H groups in total. The number of nitrogens with one attached hydrogen (secondary N) is 1. The monoisotopic (exact) mass is 387 g/mol. The molecule has 0 saturated carbocycles. The average molecular weight is 388 g/mol. The smallest absolute Gasteiger partial charge is 0.339 e. The largest absolute Gasteiger partial charge is 0.488 e. The van der Waals surface area contributed by atoms with Crippen molar-refractivity contribution in [3.63, 3.8) is 0 Å². The van der Waals surface area contributed by atoms with Gasteiger partial charge >= 0.3 is 5.97 Å². The molecule has 24 heavy (non-hydrogen) atoms. The SMILES string of the molecule is COC(=O)c1ccccc1NC(=O)C1=Cc2cc(Br)ccc2OC1. The fourth-order valence-corrected chi connectivity index (χ4v) is 2.74. The summed E-state index contributed by atoms with van der Waals surface area (Å²) in [5, 5.41) is 2.74. The number of ether oxygens (including phenoxy) is 2. The average Bonchev–Trinajstić information content (AvgIpc) is 2.60. The lowest BCUT2D eigenvalue weighted by molar-refractivity contribution is -0.113. The van der Waals surface area contributed by atoms with Crippen LogP contribution >= 0.6 is 15.9 Å². The molecule has 1 aliphatic rings. The van der Waals surface area contributed by atoms with Gasteiger partial charge in [-0.15, -0.1) is 0 Å². The fraction of sp³-hybridized carbons (Fsp3) is 0.111. The predicted molar refractivity (Wildman–Crippen MR) is 94.0 cm³/mol. The van der Waals surface area contributed by atoms with Gasteiger partial charge in [0.2, 0.25) is 0 Å². The summed E-state index contributed by atoms with van der Waals surface area (Å²) in [7, 11) is 1.30. The summed E-state index contributed by atoms with van der Waals surface area (Å²) >= 11 is 3.40. The molecule has 0 aromatic heterocycles. The van der Waals surface area contributed by atoms with Crippen LogP contribution in [0.15, 0.2) is 52.5 Å². The van der Waals surface area contributed by atoms with E-state index in [2.05, 4.69) is 21.2 Å². The number of halogens is 1. The molecular weight excluding hydrogens is 374 g/mol. The van der Waals surface area contributed by atoms with Crippen molar-refractivity contribution in [1.29, 1.82) is 0 Å². The summed E-state index contributed by atoms with van der Waals surface area (Å²) in [6.07, 6.45) is 1.78. The quantitative estimate of drug-likeness (QED) is 0.816. The molecule has 5 nitrogen and oxygen atoms in total. The van der Waals surface area contributed by atoms with Crippen LogP contribution in [0.3, 0.4) is 0 Å². The van der Waals surface area contributed by atoms with E-state index in [0.29, 0.717) is 16.8 Å². The lowest BCUT2D eigenvalue weighted by Gasteiger charge is -2.18. The third-order valence-electron chi connectivity index (χ3n) is 3.56. The van der Waals surface area contributed by atoms with E-state index in [1.54, 1.807) is 30.3 Å². The third kappa shape index (κ3) is 3.33. The van der Waals surface area contributed by atoms with Crippen molar-refractivity contribution in [2.24, 2.45) is 0 Å². The second-order valence-corrected chi connectivity index (χ2v) is 6.05. The number of esters is 1. The summed E-state index contributed by atoms with van der Waals surface area (Å²) in [5.74, 6) is -0.101. The number of fused-ring (bicyclic) bond motifs is 1. The van der Waals surface area contributed by atoms with Crippen LogP contribution < -0.4 is 10.1 Å². The number of carbonyl (C=O) groups excluding carboxylic acids is 2. The Morgan fingerprint density at radius 2 is 2.00 bits per heavy atom. The number of methoxy groups -OCH3 is 1. The van der Waals surface area contributed by atoms with Gasteiger partial charge < -0.3 is 14.8 Å². The summed E-state index contributed by atoms with van der Waals surface area (Å²) in [6, 6.07) is 12.3. The Kier molecular flexibility index (Phi) is 4.66. The predicted octanol–water partition coefficient (Wildman–Crippen LogP) is 3.65. The zero-order valence-electron chi connectivity index (χ0n) is 12.8. The first-order valence-electron chi connectivity index (χ1n) is 7.20. The first-order valence-corrected chi connectivity index (χ1v) is 7.99. The van der Waals surface area contributed by atoms with Crippen LogP contribution in [0.4, 0.5) is 5.69 Å². The van der Waals surface area contributed by atoms with Gasteiger partial charge in [-0.1, -0.05) is 28.1 Å². The van der Waals surface area contributed by atoms with Gasteiger partial charge in [0.05, 0.1) is 23.9 Å². The van der Waals surface area contributed by atoms with E-state index >= 15 is 0 Å². The van der Waals surface area contributed by atoms with Crippen LogP contribution in [0.2, 0.25) is 0 Å². The van der Waals surface area contributed by atoms with Gasteiger partial charge in [0, 0.05) is 10.0 Å². The number of anilines is 1. The maximum Gasteiger partial charge on any atom is 0.339 e. The molecule has 0 bridgehead atoms. The number of hydrogen-bond acceptors (Lipinski definition) is 4. The molecule has 122 valence electrons. The maximum absolute atomic E-state index is 12.5. The van der Waals surface area contributed by atoms with Crippen molar-refractivity contribution in [3.8, 4) is 5.75 Å². The zero-order valence-corrected chi connectivity index (χ0v) is 14.4. The molecule has 0 radical (unpaired) electrons. The van der Waals surface area contributed by atoms with E-state index in [9.17, 15) is 9.59 Å². The molecule has 2 aromatic carbocycles. The van der Waals surface area contributed by atoms with Gasteiger partial charge in [-0.05, 0) is 36.4 Å². The van der Waals surface area contributed by atoms with Crippen LogP contribution in [0.5, 0.6) is 5.75 Å². The standard InChI is InChI=1S/C18H14BrNO4/c1-23-18(22)14-4-2-3-5-15(14)20-17(21)12-8-11-9-13(19)6-7-16(11)24-10-12/h2-9H,10H2,1H3,(H,20,21). The molecular formula is C18H14BrNO4. The molecule has 0 spiro atoms. The van der Waals surface area contributed by atoms with Gasteiger partial charge in [-0.3, -0.25) is 4.79 Å². The first-order chi connectivity index (χ1) is 11.6. The minimum atomic E-state index is -0.506. The number of rotatable bonds is 3. The Labute approximate surface area is 147 Å². The summed E-state index contributed by atoms with van der Waals surface area (Å²) in [5.41, 5.74) is 1.99. The molecule has 1 heterocycles. The van der Waals surface area contributed by atoms with Gasteiger partial charge in [-0.25, -0.2) is 4.79 Å². The molecule has 3 rings (SSSR count). The lowest BCUT2D eigenvalue weighted by Crippen LogP contribution is -2.22. The highest BCUT2D eigenvalue weighted by molar-refractivity contribution is 9.10. The normalized spacial score (nSPS) is 12.5. The van der Waals surface area contributed by atoms with E-state index in [1.165, 1.54) is 7.11 Å². The van der Waals surface area contributed by atoms with Gasteiger partial charge in [-0.2, -0.15) is 0 Å². The number of para-hydroxylation sites is 1. The molecule has 0 aliphatic carbocycles. The summed E-state index contributed by atoms with van der Waals surface area (Å²) < 4.78 is 11.2. The van der Waals surface area contributed by atoms with Crippen molar-refractivity contribution >= 4 is 39.6 Å². The van der Waals surface area contributed by atoms with Gasteiger partial charge in [0.15, 0.2) is 0 Å². The minimum Gasteiger partial charge on any atom is -0.488 e. The molecule has 0 atom stereocenters. The molecule has 0 fully saturated rings. The topological polar surface area (TPSA) is 64.6 Å². The van der Waals surface area contributed by atoms with E-state index in [1.807, 2.05) is 18.2 Å². The van der Waals surface area contributed by atoms with Crippen LogP contribution in [0.1, 0.15) is 15.9 Å². The van der Waals surface area contributed by atoms with Crippen LogP contribution in [-0.2, 0) is 9.53 Å². The highest BCUT2D eigenvalue weighted by atomic mass is 79.9. The minimum absolute atomic E-state index is 0.168. The Balaban J connectivity index is 1.85. The Hall–Kier alpha value is -2.60. The zero-order chi connectivity index (χ0) is 17.1. The first kappa shape index (κ1) is 16.3. The fourth-order valence-electron chi connectivity index (χ4n) is 2.36. The van der Waals surface area contributed by atoms with Crippen molar-refractivity contribution < 1.29 is 19.1 Å². The Morgan fingerprint density at radius 1 is 1.21 bits per heavy atom. The second-order valence-electron chi connectivity index (χ2n) is 5.13. The Morgan fingerprint density at radius 3 is 2.79 bits per heavy atom. The summed E-state index contributed by atoms with van der Waals surface area (Å²) in [4.78, 5) is 24.3. The van der Waals surface area contributed by atoms with Gasteiger partial charge in [0.25, 0.3) is 5.91 Å². The third-order valence-corrected chi connectivity index (χ3v) is 4.05. The molecule has 1 aliphatic heterocycles.